The fourth-order valence-electron chi connectivity index (χ4n) is 1.09. The second kappa shape index (κ2) is 5.82. The SMILES string of the molecule is CCOC(=O)C=Cc1cccc(NN)c1. The van der Waals surface area contributed by atoms with E-state index in [1.807, 2.05) is 24.3 Å². The maximum absolute atomic E-state index is 11.0. The summed E-state index contributed by atoms with van der Waals surface area (Å²) in [5, 5.41) is 0. The van der Waals surface area contributed by atoms with Crippen LogP contribution in [0.5, 0.6) is 0 Å². The highest BCUT2D eigenvalue weighted by Crippen LogP contribution is 2.10. The number of nitrogens with two attached hydrogens (primary N) is 1. The van der Waals surface area contributed by atoms with E-state index in [9.17, 15) is 4.79 Å². The molecule has 0 bridgehead atoms. The number of nitrogens with one attached hydrogen (secondary N) is 1. The normalized spacial score (nSPS) is 10.3. The van der Waals surface area contributed by atoms with Gasteiger partial charge < -0.3 is 10.2 Å². The first-order chi connectivity index (χ1) is 7.26. The third-order valence-corrected chi connectivity index (χ3v) is 1.75. The minimum absolute atomic E-state index is 0.344. The van der Waals surface area contributed by atoms with Gasteiger partial charge in [0, 0.05) is 11.8 Å². The maximum Gasteiger partial charge on any atom is 0.330 e. The largest absolute Gasteiger partial charge is 0.463 e. The van der Waals surface area contributed by atoms with E-state index in [0.29, 0.717) is 6.61 Å². The third-order valence-electron chi connectivity index (χ3n) is 1.75. The molecule has 0 saturated carbocycles. The molecule has 0 amide bonds. The van der Waals surface area contributed by atoms with Crippen molar-refractivity contribution in [2.45, 2.75) is 6.92 Å². The Hall–Kier alpha value is -1.81. The molecule has 0 aromatic heterocycles. The van der Waals surface area contributed by atoms with Crippen LogP contribution in [0.2, 0.25) is 0 Å². The molecule has 0 atom stereocenters. The van der Waals surface area contributed by atoms with E-state index >= 15 is 0 Å². The standard InChI is InChI=1S/C11H14N2O2/c1-2-15-11(14)7-6-9-4-3-5-10(8-9)13-12/h3-8,13H,2,12H2,1H3. The summed E-state index contributed by atoms with van der Waals surface area (Å²) in [5.74, 6) is 4.91. The molecule has 0 heterocycles. The number of esters is 1. The lowest BCUT2D eigenvalue weighted by Crippen LogP contribution is -2.06. The molecule has 0 radical (unpaired) electrons. The van der Waals surface area contributed by atoms with Gasteiger partial charge in [-0.05, 0) is 30.7 Å². The van der Waals surface area contributed by atoms with Crippen LogP contribution < -0.4 is 11.3 Å². The molecule has 15 heavy (non-hydrogen) atoms. The Morgan fingerprint density at radius 1 is 1.60 bits per heavy atom. The monoisotopic (exact) mass is 206 g/mol. The van der Waals surface area contributed by atoms with Crippen LogP contribution in [0, 0.1) is 0 Å². The summed E-state index contributed by atoms with van der Waals surface area (Å²) in [6.45, 7) is 2.15. The Labute approximate surface area is 88.7 Å². The van der Waals surface area contributed by atoms with E-state index in [-0.39, 0.29) is 5.97 Å². The van der Waals surface area contributed by atoms with Crippen molar-refractivity contribution in [3.05, 3.63) is 35.9 Å². The molecule has 0 aliphatic rings. The first kappa shape index (κ1) is 11.3. The molecule has 0 unspecified atom stereocenters. The van der Waals surface area contributed by atoms with Gasteiger partial charge in [0.15, 0.2) is 0 Å². The molecule has 1 aromatic rings. The quantitative estimate of drug-likeness (QED) is 0.339. The van der Waals surface area contributed by atoms with Gasteiger partial charge in [0.05, 0.1) is 6.61 Å². The molecule has 80 valence electrons. The average molecular weight is 206 g/mol. The molecule has 0 saturated heterocycles. The van der Waals surface area contributed by atoms with Crippen LogP contribution in [0.15, 0.2) is 30.3 Å². The third kappa shape index (κ3) is 3.83. The smallest absolute Gasteiger partial charge is 0.330 e. The number of rotatable bonds is 4. The number of hydrogen-bond donors (Lipinski definition) is 2. The number of nitrogen functional groups attached to an aromatic ring is 1. The first-order valence-corrected chi connectivity index (χ1v) is 4.67. The Morgan fingerprint density at radius 3 is 3.07 bits per heavy atom. The van der Waals surface area contributed by atoms with Gasteiger partial charge in [-0.3, -0.25) is 5.84 Å². The van der Waals surface area contributed by atoms with Gasteiger partial charge in [-0.2, -0.15) is 0 Å². The summed E-state index contributed by atoms with van der Waals surface area (Å²) in [6.07, 6.45) is 3.07. The minimum Gasteiger partial charge on any atom is -0.463 e. The lowest BCUT2D eigenvalue weighted by Gasteiger charge is -2.00. The summed E-state index contributed by atoms with van der Waals surface area (Å²) in [7, 11) is 0. The van der Waals surface area contributed by atoms with E-state index in [2.05, 4.69) is 5.43 Å². The van der Waals surface area contributed by atoms with Crippen LogP contribution in [-0.2, 0) is 9.53 Å². The van der Waals surface area contributed by atoms with Gasteiger partial charge in [0.25, 0.3) is 0 Å². The minimum atomic E-state index is -0.344. The Kier molecular flexibility index (Phi) is 4.37. The summed E-state index contributed by atoms with van der Waals surface area (Å²) < 4.78 is 4.75. The Balaban J connectivity index is 2.67. The van der Waals surface area contributed by atoms with Crippen molar-refractivity contribution in [3.8, 4) is 0 Å². The van der Waals surface area contributed by atoms with Gasteiger partial charge in [-0.25, -0.2) is 4.79 Å². The number of benzene rings is 1. The summed E-state index contributed by atoms with van der Waals surface area (Å²) in [6, 6.07) is 7.38. The van der Waals surface area contributed by atoms with Crippen molar-refractivity contribution in [3.63, 3.8) is 0 Å². The van der Waals surface area contributed by atoms with Crippen LogP contribution in [0.25, 0.3) is 6.08 Å². The molecule has 0 aliphatic heterocycles. The maximum atomic E-state index is 11.0. The molecule has 1 rings (SSSR count). The summed E-state index contributed by atoms with van der Waals surface area (Å²) in [4.78, 5) is 11.0. The predicted octanol–water partition coefficient (Wildman–Crippen LogP) is 1.55. The van der Waals surface area contributed by atoms with Gasteiger partial charge >= 0.3 is 5.97 Å². The molecular weight excluding hydrogens is 192 g/mol. The lowest BCUT2D eigenvalue weighted by atomic mass is 10.2. The number of ether oxygens (including phenoxy) is 1. The number of hydrogen-bond acceptors (Lipinski definition) is 4. The van der Waals surface area contributed by atoms with Crippen molar-refractivity contribution in [2.24, 2.45) is 5.84 Å². The van der Waals surface area contributed by atoms with E-state index in [0.717, 1.165) is 11.3 Å². The Morgan fingerprint density at radius 2 is 2.40 bits per heavy atom. The van der Waals surface area contributed by atoms with E-state index in [1.54, 1.807) is 13.0 Å². The molecule has 0 fully saturated rings. The molecule has 4 nitrogen and oxygen atoms in total. The highest BCUT2D eigenvalue weighted by Gasteiger charge is 1.94. The zero-order valence-electron chi connectivity index (χ0n) is 8.57. The number of hydrazine groups is 1. The number of carbonyl (C=O) groups is 1. The van der Waals surface area contributed by atoms with Crippen LogP contribution >= 0.6 is 0 Å². The predicted molar refractivity (Wildman–Crippen MR) is 59.9 cm³/mol. The zero-order chi connectivity index (χ0) is 11.1. The fourth-order valence-corrected chi connectivity index (χ4v) is 1.09. The molecule has 3 N–H and O–H groups in total. The number of carbonyl (C=O) groups excluding carboxylic acids is 1. The number of anilines is 1. The second-order valence-corrected chi connectivity index (χ2v) is 2.86. The Bertz CT molecular complexity index is 361. The lowest BCUT2D eigenvalue weighted by molar-refractivity contribution is -0.137. The van der Waals surface area contributed by atoms with Crippen LogP contribution in [-0.4, -0.2) is 12.6 Å². The van der Waals surface area contributed by atoms with Gasteiger partial charge in [0.2, 0.25) is 0 Å². The molecule has 4 heteroatoms. The van der Waals surface area contributed by atoms with E-state index in [4.69, 9.17) is 10.6 Å². The van der Waals surface area contributed by atoms with Gasteiger partial charge in [-0.15, -0.1) is 0 Å². The molecule has 0 spiro atoms. The first-order valence-electron chi connectivity index (χ1n) is 4.67. The van der Waals surface area contributed by atoms with Crippen LogP contribution in [0.4, 0.5) is 5.69 Å². The molecule has 0 aliphatic carbocycles. The zero-order valence-corrected chi connectivity index (χ0v) is 8.57. The van der Waals surface area contributed by atoms with Crippen LogP contribution in [0.1, 0.15) is 12.5 Å². The summed E-state index contributed by atoms with van der Waals surface area (Å²) in [5.41, 5.74) is 4.21. The highest BCUT2D eigenvalue weighted by atomic mass is 16.5. The van der Waals surface area contributed by atoms with E-state index in [1.165, 1.54) is 6.08 Å². The van der Waals surface area contributed by atoms with Gasteiger partial charge in [0.1, 0.15) is 0 Å². The van der Waals surface area contributed by atoms with Crippen molar-refractivity contribution >= 4 is 17.7 Å². The molecule has 1 aromatic carbocycles. The fraction of sp³-hybridized carbons (Fsp3) is 0.182. The van der Waals surface area contributed by atoms with Crippen molar-refractivity contribution < 1.29 is 9.53 Å². The van der Waals surface area contributed by atoms with Crippen LogP contribution in [0.3, 0.4) is 0 Å². The highest BCUT2D eigenvalue weighted by molar-refractivity contribution is 5.87. The van der Waals surface area contributed by atoms with Gasteiger partial charge in [-0.1, -0.05) is 12.1 Å². The topological polar surface area (TPSA) is 64.3 Å². The van der Waals surface area contributed by atoms with E-state index < -0.39 is 0 Å². The second-order valence-electron chi connectivity index (χ2n) is 2.86. The average Bonchev–Trinajstić information content (AvgIpc) is 2.27. The summed E-state index contributed by atoms with van der Waals surface area (Å²) >= 11 is 0. The molecular formula is C11H14N2O2. The van der Waals surface area contributed by atoms with Crippen molar-refractivity contribution in [2.75, 3.05) is 12.0 Å². The van der Waals surface area contributed by atoms with Crippen molar-refractivity contribution in [1.29, 1.82) is 0 Å². The van der Waals surface area contributed by atoms with Crippen molar-refractivity contribution in [1.82, 2.24) is 0 Å².